The van der Waals surface area contributed by atoms with Gasteiger partial charge >= 0.3 is 0 Å². The van der Waals surface area contributed by atoms with Crippen molar-refractivity contribution >= 4 is 33.4 Å². The molecule has 4 heteroatoms. The number of carbonyl (C=O) groups excluding carboxylic acids is 1. The molecule has 1 saturated carbocycles. The van der Waals surface area contributed by atoms with Crippen LogP contribution in [0, 0.1) is 5.92 Å². The third-order valence-electron chi connectivity index (χ3n) is 4.67. The Morgan fingerprint density at radius 1 is 1.20 bits per heavy atom. The summed E-state index contributed by atoms with van der Waals surface area (Å²) < 4.78 is 0.793. The molecular weight excluding hydrogens is 338 g/mol. The molecule has 1 amide bonds. The number of benzene rings is 1. The van der Waals surface area contributed by atoms with Crippen molar-refractivity contribution in [1.29, 1.82) is 0 Å². The van der Waals surface area contributed by atoms with E-state index in [-0.39, 0.29) is 5.91 Å². The second-order valence-electron chi connectivity index (χ2n) is 5.88. The van der Waals surface area contributed by atoms with Gasteiger partial charge in [-0.05, 0) is 65.7 Å². The molecule has 0 radical (unpaired) electrons. The summed E-state index contributed by atoms with van der Waals surface area (Å²) in [5, 5.41) is 0.648. The molecule has 0 bridgehead atoms. The highest BCUT2D eigenvalue weighted by Gasteiger charge is 2.36. The molecule has 2 nitrogen and oxygen atoms in total. The third kappa shape index (κ3) is 2.75. The van der Waals surface area contributed by atoms with Crippen molar-refractivity contribution in [3.8, 4) is 0 Å². The van der Waals surface area contributed by atoms with Gasteiger partial charge in [-0.25, -0.2) is 0 Å². The van der Waals surface area contributed by atoms with Gasteiger partial charge < -0.3 is 4.90 Å². The first-order valence-electron chi connectivity index (χ1n) is 7.43. The average Bonchev–Trinajstić information content (AvgIpc) is 3.10. The van der Waals surface area contributed by atoms with Crippen LogP contribution in [-0.4, -0.2) is 23.4 Å². The van der Waals surface area contributed by atoms with Gasteiger partial charge in [0.25, 0.3) is 5.91 Å². The largest absolute Gasteiger partial charge is 0.335 e. The maximum Gasteiger partial charge on any atom is 0.254 e. The molecule has 0 N–H and O–H groups in total. The van der Waals surface area contributed by atoms with Crippen LogP contribution in [-0.2, 0) is 0 Å². The van der Waals surface area contributed by atoms with Crippen molar-refractivity contribution in [1.82, 2.24) is 4.90 Å². The van der Waals surface area contributed by atoms with E-state index in [1.807, 2.05) is 12.1 Å². The summed E-state index contributed by atoms with van der Waals surface area (Å²) in [6.45, 7) is 0.903. The fraction of sp³-hybridized carbons (Fsp3) is 0.562. The van der Waals surface area contributed by atoms with Crippen LogP contribution in [0.4, 0.5) is 0 Å². The van der Waals surface area contributed by atoms with Crippen LogP contribution in [0.2, 0.25) is 5.02 Å². The first-order valence-corrected chi connectivity index (χ1v) is 8.60. The summed E-state index contributed by atoms with van der Waals surface area (Å²) in [4.78, 5) is 14.8. The number of carbonyl (C=O) groups is 1. The fourth-order valence-corrected chi connectivity index (χ4v) is 4.17. The van der Waals surface area contributed by atoms with Gasteiger partial charge in [-0.3, -0.25) is 4.79 Å². The highest BCUT2D eigenvalue weighted by atomic mass is 79.9. The average molecular weight is 357 g/mol. The van der Waals surface area contributed by atoms with Crippen LogP contribution in [0.1, 0.15) is 48.9 Å². The molecule has 1 aliphatic carbocycles. The molecule has 1 aromatic carbocycles. The first kappa shape index (κ1) is 14.4. The van der Waals surface area contributed by atoms with Gasteiger partial charge in [0, 0.05) is 22.6 Å². The number of rotatable bonds is 2. The molecule has 2 aliphatic rings. The summed E-state index contributed by atoms with van der Waals surface area (Å²) >= 11 is 9.41. The number of nitrogens with zero attached hydrogens (tertiary/aromatic N) is 1. The Hall–Kier alpha value is -0.540. The van der Waals surface area contributed by atoms with E-state index in [0.717, 1.165) is 28.9 Å². The maximum absolute atomic E-state index is 12.7. The van der Waals surface area contributed by atoms with Gasteiger partial charge in [0.1, 0.15) is 0 Å². The Kier molecular flexibility index (Phi) is 4.37. The number of amides is 1. The van der Waals surface area contributed by atoms with Crippen LogP contribution >= 0.6 is 27.5 Å². The lowest BCUT2D eigenvalue weighted by atomic mass is 9.95. The summed E-state index contributed by atoms with van der Waals surface area (Å²) in [5.74, 6) is 0.883. The van der Waals surface area contributed by atoms with Gasteiger partial charge in [-0.1, -0.05) is 24.4 Å². The maximum atomic E-state index is 12.7. The minimum Gasteiger partial charge on any atom is -0.335 e. The summed E-state index contributed by atoms with van der Waals surface area (Å²) in [7, 11) is 0. The van der Waals surface area contributed by atoms with Crippen molar-refractivity contribution < 1.29 is 4.79 Å². The molecule has 108 valence electrons. The molecular formula is C16H19BrClNO. The molecule has 1 unspecified atom stereocenters. The Labute approximate surface area is 133 Å². The smallest absolute Gasteiger partial charge is 0.254 e. The second-order valence-corrected chi connectivity index (χ2v) is 7.14. The quantitative estimate of drug-likeness (QED) is 0.738. The minimum atomic E-state index is 0.164. The van der Waals surface area contributed by atoms with Crippen LogP contribution in [0.15, 0.2) is 22.7 Å². The standard InChI is InChI=1S/C16H19BrClNO/c17-13-10-12(7-8-14(13)18)16(20)19-9-3-6-15(19)11-4-1-2-5-11/h7-8,10-11,15H,1-6,9H2. The van der Waals surface area contributed by atoms with Crippen LogP contribution in [0.25, 0.3) is 0 Å². The van der Waals surface area contributed by atoms with Gasteiger partial charge in [-0.2, -0.15) is 0 Å². The Morgan fingerprint density at radius 3 is 2.65 bits per heavy atom. The highest BCUT2D eigenvalue weighted by molar-refractivity contribution is 9.10. The van der Waals surface area contributed by atoms with Gasteiger partial charge in [0.15, 0.2) is 0 Å². The normalized spacial score (nSPS) is 23.5. The number of hydrogen-bond donors (Lipinski definition) is 0. The number of halogens is 2. The van der Waals surface area contributed by atoms with Crippen LogP contribution in [0.5, 0.6) is 0 Å². The summed E-state index contributed by atoms with van der Waals surface area (Å²) in [6, 6.07) is 5.92. The summed E-state index contributed by atoms with van der Waals surface area (Å²) in [5.41, 5.74) is 0.742. The van der Waals surface area contributed by atoms with Crippen LogP contribution in [0.3, 0.4) is 0 Å². The summed E-state index contributed by atoms with van der Waals surface area (Å²) in [6.07, 6.45) is 7.55. The van der Waals surface area contributed by atoms with E-state index in [1.54, 1.807) is 6.07 Å². The topological polar surface area (TPSA) is 20.3 Å². The third-order valence-corrected chi connectivity index (χ3v) is 5.88. The van der Waals surface area contributed by atoms with Gasteiger partial charge in [0.05, 0.1) is 5.02 Å². The lowest BCUT2D eigenvalue weighted by Crippen LogP contribution is -2.39. The SMILES string of the molecule is O=C(c1ccc(Cl)c(Br)c1)N1CCCC1C1CCCC1. The highest BCUT2D eigenvalue weighted by Crippen LogP contribution is 2.36. The Morgan fingerprint density at radius 2 is 1.95 bits per heavy atom. The fourth-order valence-electron chi connectivity index (χ4n) is 3.67. The molecule has 1 aromatic rings. The van der Waals surface area contributed by atoms with Crippen molar-refractivity contribution in [2.45, 2.75) is 44.6 Å². The van der Waals surface area contributed by atoms with E-state index in [0.29, 0.717) is 11.1 Å². The molecule has 1 atom stereocenters. The van der Waals surface area contributed by atoms with Crippen molar-refractivity contribution in [3.05, 3.63) is 33.3 Å². The Bertz CT molecular complexity index is 513. The van der Waals surface area contributed by atoms with Crippen LogP contribution < -0.4 is 0 Å². The van der Waals surface area contributed by atoms with E-state index in [2.05, 4.69) is 20.8 Å². The molecule has 0 spiro atoms. The van der Waals surface area contributed by atoms with Crippen molar-refractivity contribution in [2.24, 2.45) is 5.92 Å². The van der Waals surface area contributed by atoms with E-state index >= 15 is 0 Å². The Balaban J connectivity index is 1.79. The predicted octanol–water partition coefficient (Wildman–Crippen LogP) is 4.90. The molecule has 1 saturated heterocycles. The zero-order valence-corrected chi connectivity index (χ0v) is 13.8. The lowest BCUT2D eigenvalue weighted by Gasteiger charge is -2.29. The van der Waals surface area contributed by atoms with E-state index < -0.39 is 0 Å². The monoisotopic (exact) mass is 355 g/mol. The van der Waals surface area contributed by atoms with E-state index in [4.69, 9.17) is 11.6 Å². The predicted molar refractivity (Wildman–Crippen MR) is 85.2 cm³/mol. The molecule has 0 aromatic heterocycles. The molecule has 2 fully saturated rings. The number of hydrogen-bond acceptors (Lipinski definition) is 1. The zero-order chi connectivity index (χ0) is 14.1. The first-order chi connectivity index (χ1) is 9.66. The van der Waals surface area contributed by atoms with E-state index in [9.17, 15) is 4.79 Å². The molecule has 1 heterocycles. The lowest BCUT2D eigenvalue weighted by molar-refractivity contribution is 0.0689. The van der Waals surface area contributed by atoms with Crippen molar-refractivity contribution in [3.63, 3.8) is 0 Å². The zero-order valence-electron chi connectivity index (χ0n) is 11.4. The second kappa shape index (κ2) is 6.07. The molecule has 3 rings (SSSR count). The van der Waals surface area contributed by atoms with Crippen molar-refractivity contribution in [2.75, 3.05) is 6.54 Å². The van der Waals surface area contributed by atoms with Gasteiger partial charge in [-0.15, -0.1) is 0 Å². The molecule has 20 heavy (non-hydrogen) atoms. The van der Waals surface area contributed by atoms with Gasteiger partial charge in [0.2, 0.25) is 0 Å². The molecule has 1 aliphatic heterocycles. The number of likely N-dealkylation sites (tertiary alicyclic amines) is 1. The van der Waals surface area contributed by atoms with E-state index in [1.165, 1.54) is 32.1 Å². The minimum absolute atomic E-state index is 0.164.